The van der Waals surface area contributed by atoms with Crippen molar-refractivity contribution in [2.75, 3.05) is 13.7 Å². The van der Waals surface area contributed by atoms with Gasteiger partial charge in [-0.3, -0.25) is 4.79 Å². The first-order valence-electron chi connectivity index (χ1n) is 7.48. The van der Waals surface area contributed by atoms with Gasteiger partial charge in [-0.05, 0) is 42.5 Å². The molecule has 0 unspecified atom stereocenters. The minimum Gasteiger partial charge on any atom is -0.463 e. The number of hydrogen-bond donors (Lipinski definition) is 1. The van der Waals surface area contributed by atoms with Gasteiger partial charge in [0.2, 0.25) is 5.88 Å². The Morgan fingerprint density at radius 2 is 1.96 bits per heavy atom. The number of fused-ring (bicyclic) bond motifs is 1. The first-order chi connectivity index (χ1) is 12.1. The smallest absolute Gasteiger partial charge is 0.251 e. The standard InChI is InChI=1S/C19H14FN3O2/c1-3-10-25-19-17(12-4-7-14(20)8-5-12)22-16-11-13(18(24)21-2)6-9-15(16)23-19/h1,4-9,11H,10H2,2H3,(H,21,24). The van der Waals surface area contributed by atoms with E-state index in [4.69, 9.17) is 11.2 Å². The van der Waals surface area contributed by atoms with Crippen molar-refractivity contribution in [3.8, 4) is 29.5 Å². The summed E-state index contributed by atoms with van der Waals surface area (Å²) in [6, 6.07) is 10.8. The number of nitrogens with one attached hydrogen (secondary N) is 1. The lowest BCUT2D eigenvalue weighted by Crippen LogP contribution is -2.17. The fourth-order valence-corrected chi connectivity index (χ4v) is 2.33. The number of rotatable bonds is 4. The topological polar surface area (TPSA) is 64.1 Å². The quantitative estimate of drug-likeness (QED) is 0.745. The average molecular weight is 335 g/mol. The summed E-state index contributed by atoms with van der Waals surface area (Å²) in [5.41, 5.74) is 2.61. The third-order valence-corrected chi connectivity index (χ3v) is 3.53. The fourth-order valence-electron chi connectivity index (χ4n) is 2.33. The zero-order valence-electron chi connectivity index (χ0n) is 13.4. The molecule has 0 bridgehead atoms. The number of hydrogen-bond acceptors (Lipinski definition) is 4. The summed E-state index contributed by atoms with van der Waals surface area (Å²) in [5.74, 6) is 2.06. The van der Waals surface area contributed by atoms with E-state index in [1.54, 1.807) is 37.4 Å². The molecule has 2 aromatic carbocycles. The van der Waals surface area contributed by atoms with Gasteiger partial charge in [-0.25, -0.2) is 14.4 Å². The molecule has 1 amide bonds. The van der Waals surface area contributed by atoms with Crippen LogP contribution in [0.1, 0.15) is 10.4 Å². The third-order valence-electron chi connectivity index (χ3n) is 3.53. The molecule has 0 atom stereocenters. The van der Waals surface area contributed by atoms with Crippen molar-refractivity contribution in [3.63, 3.8) is 0 Å². The molecule has 5 nitrogen and oxygen atoms in total. The number of benzene rings is 2. The number of terminal acetylenes is 1. The summed E-state index contributed by atoms with van der Waals surface area (Å²) in [7, 11) is 1.55. The highest BCUT2D eigenvalue weighted by Gasteiger charge is 2.14. The van der Waals surface area contributed by atoms with Gasteiger partial charge in [-0.2, -0.15) is 0 Å². The van der Waals surface area contributed by atoms with Gasteiger partial charge in [0.25, 0.3) is 5.91 Å². The zero-order valence-corrected chi connectivity index (χ0v) is 13.4. The van der Waals surface area contributed by atoms with Crippen LogP contribution in [0, 0.1) is 18.2 Å². The van der Waals surface area contributed by atoms with Crippen molar-refractivity contribution in [1.82, 2.24) is 15.3 Å². The molecular formula is C19H14FN3O2. The van der Waals surface area contributed by atoms with E-state index in [2.05, 4.69) is 21.2 Å². The number of carbonyl (C=O) groups excluding carboxylic acids is 1. The zero-order chi connectivity index (χ0) is 17.8. The Balaban J connectivity index is 2.17. The maximum Gasteiger partial charge on any atom is 0.251 e. The largest absolute Gasteiger partial charge is 0.463 e. The molecule has 0 aliphatic rings. The van der Waals surface area contributed by atoms with Gasteiger partial charge in [-0.15, -0.1) is 6.42 Å². The Morgan fingerprint density at radius 1 is 1.20 bits per heavy atom. The second kappa shape index (κ2) is 6.97. The SMILES string of the molecule is C#CCOc1nc2ccc(C(=O)NC)cc2nc1-c1ccc(F)cc1. The van der Waals surface area contributed by atoms with Crippen molar-refractivity contribution in [3.05, 3.63) is 53.8 Å². The van der Waals surface area contributed by atoms with Gasteiger partial charge in [0.1, 0.15) is 11.5 Å². The van der Waals surface area contributed by atoms with Crippen molar-refractivity contribution >= 4 is 16.9 Å². The summed E-state index contributed by atoms with van der Waals surface area (Å²) < 4.78 is 18.7. The van der Waals surface area contributed by atoms with Crippen LogP contribution >= 0.6 is 0 Å². The summed E-state index contributed by atoms with van der Waals surface area (Å²) in [6.07, 6.45) is 5.25. The predicted octanol–water partition coefficient (Wildman–Crippen LogP) is 2.81. The van der Waals surface area contributed by atoms with E-state index < -0.39 is 0 Å². The molecule has 0 fully saturated rings. The van der Waals surface area contributed by atoms with Crippen LogP contribution in [-0.4, -0.2) is 29.5 Å². The molecule has 0 saturated carbocycles. The number of aromatic nitrogens is 2. The lowest BCUT2D eigenvalue weighted by molar-refractivity contribution is 0.0963. The van der Waals surface area contributed by atoms with E-state index in [0.717, 1.165) is 0 Å². The Labute approximate surface area is 143 Å². The van der Waals surface area contributed by atoms with Gasteiger partial charge >= 0.3 is 0 Å². The Kier molecular flexibility index (Phi) is 4.57. The molecule has 1 aromatic heterocycles. The van der Waals surface area contributed by atoms with Gasteiger partial charge in [0, 0.05) is 18.2 Å². The fraction of sp³-hybridized carbons (Fsp3) is 0.105. The number of carbonyl (C=O) groups is 1. The van der Waals surface area contributed by atoms with Crippen LogP contribution in [0.2, 0.25) is 0 Å². The van der Waals surface area contributed by atoms with Crippen LogP contribution in [-0.2, 0) is 0 Å². The molecule has 6 heteroatoms. The second-order valence-corrected chi connectivity index (χ2v) is 5.16. The molecule has 3 aromatic rings. The lowest BCUT2D eigenvalue weighted by atomic mass is 10.1. The van der Waals surface area contributed by atoms with Gasteiger partial charge in [0.15, 0.2) is 6.61 Å². The first kappa shape index (κ1) is 16.4. The molecule has 1 heterocycles. The highest BCUT2D eigenvalue weighted by atomic mass is 19.1. The van der Waals surface area contributed by atoms with Crippen molar-refractivity contribution < 1.29 is 13.9 Å². The van der Waals surface area contributed by atoms with Crippen LogP contribution in [0.5, 0.6) is 5.88 Å². The molecular weight excluding hydrogens is 321 g/mol. The number of halogens is 1. The van der Waals surface area contributed by atoms with Gasteiger partial charge in [0.05, 0.1) is 11.0 Å². The molecule has 3 rings (SSSR count). The Bertz CT molecular complexity index is 978. The van der Waals surface area contributed by atoms with Crippen LogP contribution < -0.4 is 10.1 Å². The molecule has 25 heavy (non-hydrogen) atoms. The van der Waals surface area contributed by atoms with E-state index in [1.165, 1.54) is 12.1 Å². The molecule has 0 radical (unpaired) electrons. The monoisotopic (exact) mass is 335 g/mol. The molecule has 124 valence electrons. The average Bonchev–Trinajstić information content (AvgIpc) is 2.65. The van der Waals surface area contributed by atoms with Crippen LogP contribution in [0.15, 0.2) is 42.5 Å². The number of ether oxygens (including phenoxy) is 1. The first-order valence-corrected chi connectivity index (χ1v) is 7.48. The number of amides is 1. The van der Waals surface area contributed by atoms with E-state index in [0.29, 0.717) is 27.9 Å². The summed E-state index contributed by atoms with van der Waals surface area (Å²) in [5, 5.41) is 2.56. The van der Waals surface area contributed by atoms with Crippen LogP contribution in [0.3, 0.4) is 0 Å². The van der Waals surface area contributed by atoms with Crippen LogP contribution in [0.25, 0.3) is 22.3 Å². The maximum atomic E-state index is 13.2. The molecule has 0 saturated heterocycles. The summed E-state index contributed by atoms with van der Waals surface area (Å²) >= 11 is 0. The van der Waals surface area contributed by atoms with E-state index >= 15 is 0 Å². The minimum atomic E-state index is -0.356. The normalized spacial score (nSPS) is 10.3. The predicted molar refractivity (Wildman–Crippen MR) is 92.7 cm³/mol. The Morgan fingerprint density at radius 3 is 2.64 bits per heavy atom. The minimum absolute atomic E-state index is 0.0324. The molecule has 1 N–H and O–H groups in total. The van der Waals surface area contributed by atoms with Gasteiger partial charge < -0.3 is 10.1 Å². The highest BCUT2D eigenvalue weighted by Crippen LogP contribution is 2.29. The Hall–Kier alpha value is -3.46. The van der Waals surface area contributed by atoms with E-state index in [-0.39, 0.29) is 24.2 Å². The van der Waals surface area contributed by atoms with Gasteiger partial charge in [-0.1, -0.05) is 5.92 Å². The maximum absolute atomic E-state index is 13.2. The summed E-state index contributed by atoms with van der Waals surface area (Å²) in [4.78, 5) is 20.8. The van der Waals surface area contributed by atoms with E-state index in [9.17, 15) is 9.18 Å². The third kappa shape index (κ3) is 3.40. The van der Waals surface area contributed by atoms with Crippen LogP contribution in [0.4, 0.5) is 4.39 Å². The highest BCUT2D eigenvalue weighted by molar-refractivity contribution is 5.97. The van der Waals surface area contributed by atoms with Crippen molar-refractivity contribution in [1.29, 1.82) is 0 Å². The lowest BCUT2D eigenvalue weighted by Gasteiger charge is -2.10. The van der Waals surface area contributed by atoms with Crippen molar-refractivity contribution in [2.45, 2.75) is 0 Å². The second-order valence-electron chi connectivity index (χ2n) is 5.16. The summed E-state index contributed by atoms with van der Waals surface area (Å²) in [6.45, 7) is 0.0324. The number of nitrogens with zero attached hydrogens (tertiary/aromatic N) is 2. The molecule has 0 aliphatic heterocycles. The van der Waals surface area contributed by atoms with Crippen molar-refractivity contribution in [2.24, 2.45) is 0 Å². The molecule has 0 spiro atoms. The van der Waals surface area contributed by atoms with E-state index in [1.807, 2.05) is 0 Å². The molecule has 0 aliphatic carbocycles.